The number of rotatable bonds is 5. The van der Waals surface area contributed by atoms with E-state index in [-0.39, 0.29) is 18.6 Å². The van der Waals surface area contributed by atoms with Crippen LogP contribution in [0.2, 0.25) is 0 Å². The van der Waals surface area contributed by atoms with Crippen LogP contribution < -0.4 is 0 Å². The number of carboxylic acids is 1. The maximum absolute atomic E-state index is 13.0. The Hall–Kier alpha value is -2.82. The molecule has 5 nitrogen and oxygen atoms in total. The fraction of sp³-hybridized carbons (Fsp3) is 0.417. The minimum Gasteiger partial charge on any atom is -0.480 e. The van der Waals surface area contributed by atoms with Crippen molar-refractivity contribution in [2.45, 2.75) is 57.0 Å². The second-order valence-corrected chi connectivity index (χ2v) is 8.02. The summed E-state index contributed by atoms with van der Waals surface area (Å²) in [5, 5.41) is 9.52. The SMILES string of the molecule is C[C@H](C(=O)O)N(C(=O)OCC1c2ccccc2-c2ccccc21)C1CCCCC1. The van der Waals surface area contributed by atoms with E-state index in [1.165, 1.54) is 16.0 Å². The molecule has 1 saturated carbocycles. The molecule has 0 bridgehead atoms. The summed E-state index contributed by atoms with van der Waals surface area (Å²) in [6, 6.07) is 15.4. The van der Waals surface area contributed by atoms with Crippen LogP contribution >= 0.6 is 0 Å². The minimum atomic E-state index is -0.996. The molecule has 0 heterocycles. The molecule has 0 saturated heterocycles. The second kappa shape index (κ2) is 8.27. The Labute approximate surface area is 171 Å². The van der Waals surface area contributed by atoms with E-state index in [0.29, 0.717) is 0 Å². The Balaban J connectivity index is 1.54. The standard InChI is InChI=1S/C24H27NO4/c1-16(23(26)27)25(17-9-3-2-4-10-17)24(28)29-15-22-20-13-7-5-11-18(20)19-12-6-8-14-21(19)22/h5-8,11-14,16-17,22H,2-4,9-10,15H2,1H3,(H,26,27)/t16-/m1/s1. The molecule has 2 aliphatic rings. The van der Waals surface area contributed by atoms with Gasteiger partial charge in [-0.05, 0) is 42.0 Å². The summed E-state index contributed by atoms with van der Waals surface area (Å²) in [6.07, 6.45) is 4.32. The molecule has 0 unspecified atom stereocenters. The van der Waals surface area contributed by atoms with Crippen molar-refractivity contribution in [3.05, 3.63) is 59.7 Å². The number of aliphatic carboxylic acids is 1. The van der Waals surface area contributed by atoms with Gasteiger partial charge in [-0.3, -0.25) is 4.90 Å². The van der Waals surface area contributed by atoms with Gasteiger partial charge >= 0.3 is 12.1 Å². The number of carbonyl (C=O) groups is 2. The van der Waals surface area contributed by atoms with Crippen LogP contribution in [0.25, 0.3) is 11.1 Å². The van der Waals surface area contributed by atoms with Crippen molar-refractivity contribution in [2.24, 2.45) is 0 Å². The summed E-state index contributed by atoms with van der Waals surface area (Å²) in [6.45, 7) is 1.78. The number of ether oxygens (including phenoxy) is 1. The van der Waals surface area contributed by atoms with Gasteiger partial charge in [0.2, 0.25) is 0 Å². The van der Waals surface area contributed by atoms with Gasteiger partial charge in [-0.25, -0.2) is 9.59 Å². The zero-order valence-electron chi connectivity index (χ0n) is 16.7. The molecule has 5 heteroatoms. The van der Waals surface area contributed by atoms with Crippen molar-refractivity contribution in [1.29, 1.82) is 0 Å². The summed E-state index contributed by atoms with van der Waals surface area (Å²) in [5.41, 5.74) is 4.65. The van der Waals surface area contributed by atoms with Gasteiger partial charge < -0.3 is 9.84 Å². The molecule has 2 aromatic carbocycles. The molecule has 0 aromatic heterocycles. The minimum absolute atomic E-state index is 0.0281. The summed E-state index contributed by atoms with van der Waals surface area (Å²) < 4.78 is 5.75. The topological polar surface area (TPSA) is 66.8 Å². The number of fused-ring (bicyclic) bond motifs is 3. The first kappa shape index (κ1) is 19.5. The summed E-state index contributed by atoms with van der Waals surface area (Å²) >= 11 is 0. The van der Waals surface area contributed by atoms with Crippen LogP contribution in [0.15, 0.2) is 48.5 Å². The molecule has 0 radical (unpaired) electrons. The third-order valence-electron chi connectivity index (χ3n) is 6.29. The zero-order valence-corrected chi connectivity index (χ0v) is 16.7. The van der Waals surface area contributed by atoms with Gasteiger partial charge in [0.1, 0.15) is 12.6 Å². The third kappa shape index (κ3) is 3.74. The highest BCUT2D eigenvalue weighted by Crippen LogP contribution is 2.44. The van der Waals surface area contributed by atoms with E-state index in [1.54, 1.807) is 6.92 Å². The Morgan fingerprint density at radius 1 is 1.00 bits per heavy atom. The van der Waals surface area contributed by atoms with Crippen LogP contribution in [0.3, 0.4) is 0 Å². The average molecular weight is 393 g/mol. The molecule has 4 rings (SSSR count). The quantitative estimate of drug-likeness (QED) is 0.772. The maximum Gasteiger partial charge on any atom is 0.410 e. The van der Waals surface area contributed by atoms with E-state index < -0.39 is 18.1 Å². The number of hydrogen-bond donors (Lipinski definition) is 1. The van der Waals surface area contributed by atoms with Crippen LogP contribution in [0, 0.1) is 0 Å². The monoisotopic (exact) mass is 393 g/mol. The summed E-state index contributed by atoms with van der Waals surface area (Å²) in [5.74, 6) is -1.02. The fourth-order valence-electron chi connectivity index (χ4n) is 4.77. The Bertz CT molecular complexity index is 858. The predicted molar refractivity (Wildman–Crippen MR) is 111 cm³/mol. The van der Waals surface area contributed by atoms with Crippen molar-refractivity contribution in [3.63, 3.8) is 0 Å². The number of carbonyl (C=O) groups excluding carboxylic acids is 1. The average Bonchev–Trinajstić information content (AvgIpc) is 3.07. The lowest BCUT2D eigenvalue weighted by molar-refractivity contribution is -0.143. The molecule has 0 spiro atoms. The smallest absolute Gasteiger partial charge is 0.410 e. The van der Waals surface area contributed by atoms with Crippen molar-refractivity contribution in [2.75, 3.05) is 6.61 Å². The largest absolute Gasteiger partial charge is 0.480 e. The molecule has 152 valence electrons. The highest BCUT2D eigenvalue weighted by Gasteiger charge is 2.35. The van der Waals surface area contributed by atoms with Crippen LogP contribution in [0.5, 0.6) is 0 Å². The van der Waals surface area contributed by atoms with Crippen molar-refractivity contribution in [1.82, 2.24) is 4.90 Å². The fourth-order valence-corrected chi connectivity index (χ4v) is 4.77. The molecule has 1 fully saturated rings. The molecular weight excluding hydrogens is 366 g/mol. The first-order valence-electron chi connectivity index (χ1n) is 10.4. The molecule has 1 N–H and O–H groups in total. The first-order chi connectivity index (χ1) is 14.1. The first-order valence-corrected chi connectivity index (χ1v) is 10.4. The van der Waals surface area contributed by atoms with E-state index in [4.69, 9.17) is 4.74 Å². The molecule has 0 aliphatic heterocycles. The van der Waals surface area contributed by atoms with Gasteiger partial charge in [0.25, 0.3) is 0 Å². The summed E-state index contributed by atoms with van der Waals surface area (Å²) in [4.78, 5) is 26.1. The van der Waals surface area contributed by atoms with Gasteiger partial charge in [-0.1, -0.05) is 67.8 Å². The Kier molecular flexibility index (Phi) is 5.56. The second-order valence-electron chi connectivity index (χ2n) is 8.02. The lowest BCUT2D eigenvalue weighted by atomic mass is 9.93. The van der Waals surface area contributed by atoms with Crippen LogP contribution in [0.4, 0.5) is 4.79 Å². The molecule has 2 aliphatic carbocycles. The van der Waals surface area contributed by atoms with Crippen molar-refractivity contribution in [3.8, 4) is 11.1 Å². The number of carboxylic acid groups (broad SMARTS) is 1. The normalized spacial score (nSPS) is 17.3. The Morgan fingerprint density at radius 2 is 1.55 bits per heavy atom. The molecular formula is C24H27NO4. The van der Waals surface area contributed by atoms with Gasteiger partial charge in [0, 0.05) is 12.0 Å². The number of nitrogens with zero attached hydrogens (tertiary/aromatic N) is 1. The maximum atomic E-state index is 13.0. The Morgan fingerprint density at radius 3 is 2.10 bits per heavy atom. The third-order valence-corrected chi connectivity index (χ3v) is 6.29. The van der Waals surface area contributed by atoms with Crippen molar-refractivity contribution < 1.29 is 19.4 Å². The lowest BCUT2D eigenvalue weighted by Gasteiger charge is -2.36. The zero-order chi connectivity index (χ0) is 20.4. The van der Waals surface area contributed by atoms with E-state index in [9.17, 15) is 14.7 Å². The summed E-state index contributed by atoms with van der Waals surface area (Å²) in [7, 11) is 0. The van der Waals surface area contributed by atoms with Gasteiger partial charge in [0.05, 0.1) is 0 Å². The van der Waals surface area contributed by atoms with Crippen LogP contribution in [-0.4, -0.2) is 40.8 Å². The van der Waals surface area contributed by atoms with Crippen LogP contribution in [-0.2, 0) is 9.53 Å². The highest BCUT2D eigenvalue weighted by molar-refractivity contribution is 5.81. The van der Waals surface area contributed by atoms with Crippen LogP contribution in [0.1, 0.15) is 56.1 Å². The number of amides is 1. The highest BCUT2D eigenvalue weighted by atomic mass is 16.6. The van der Waals surface area contributed by atoms with Gasteiger partial charge in [-0.15, -0.1) is 0 Å². The molecule has 1 amide bonds. The van der Waals surface area contributed by atoms with Gasteiger partial charge in [0.15, 0.2) is 0 Å². The van der Waals surface area contributed by atoms with E-state index in [2.05, 4.69) is 24.3 Å². The van der Waals surface area contributed by atoms with Crippen molar-refractivity contribution >= 4 is 12.1 Å². The van der Waals surface area contributed by atoms with E-state index in [0.717, 1.165) is 43.2 Å². The van der Waals surface area contributed by atoms with Gasteiger partial charge in [-0.2, -0.15) is 0 Å². The number of benzene rings is 2. The van der Waals surface area contributed by atoms with E-state index >= 15 is 0 Å². The van der Waals surface area contributed by atoms with E-state index in [1.807, 2.05) is 24.3 Å². The lowest BCUT2D eigenvalue weighted by Crippen LogP contribution is -2.50. The number of hydrogen-bond acceptors (Lipinski definition) is 3. The molecule has 1 atom stereocenters. The molecule has 2 aromatic rings. The molecule has 29 heavy (non-hydrogen) atoms. The predicted octanol–water partition coefficient (Wildman–Crippen LogP) is 5.04.